The smallest absolute Gasteiger partial charge is 0.255 e. The molecule has 0 spiro atoms. The standard InChI is InChI=1S/C29H35N3O2/c1-22-8-6-9-25(18-22)23-11-13-24(14-12-23)27-20-32(28(27)21-34-3)17-5-4-16-31(2)29(33)26-10-7-15-30-19-26/h6-15,18-19,27-28H,4-5,16-17,20-21H2,1-3H3/t27-,28+/m0/s1. The highest BCUT2D eigenvalue weighted by Crippen LogP contribution is 2.35. The minimum absolute atomic E-state index is 0.0310. The van der Waals surface area contributed by atoms with Crippen LogP contribution in [0.5, 0.6) is 0 Å². The van der Waals surface area contributed by atoms with Gasteiger partial charge in [0.2, 0.25) is 0 Å². The number of hydrogen-bond donors (Lipinski definition) is 0. The molecule has 1 aliphatic heterocycles. The molecule has 1 aliphatic rings. The topological polar surface area (TPSA) is 45.7 Å². The lowest BCUT2D eigenvalue weighted by molar-refractivity contribution is 0.000382. The van der Waals surface area contributed by atoms with Crippen LogP contribution in [0.25, 0.3) is 11.1 Å². The van der Waals surface area contributed by atoms with Crippen LogP contribution in [0.3, 0.4) is 0 Å². The van der Waals surface area contributed by atoms with E-state index in [1.807, 2.05) is 13.1 Å². The first-order chi connectivity index (χ1) is 16.6. The Bertz CT molecular complexity index is 1070. The quantitative estimate of drug-likeness (QED) is 0.401. The molecule has 34 heavy (non-hydrogen) atoms. The van der Waals surface area contributed by atoms with E-state index < -0.39 is 0 Å². The lowest BCUT2D eigenvalue weighted by Gasteiger charge is -2.48. The van der Waals surface area contributed by atoms with E-state index in [1.165, 1.54) is 22.3 Å². The molecule has 4 rings (SSSR count). The molecular formula is C29H35N3O2. The number of likely N-dealkylation sites (tertiary alicyclic amines) is 1. The summed E-state index contributed by atoms with van der Waals surface area (Å²) in [5, 5.41) is 0. The summed E-state index contributed by atoms with van der Waals surface area (Å²) in [6.45, 7) is 5.71. The van der Waals surface area contributed by atoms with Crippen molar-refractivity contribution in [2.75, 3.05) is 40.4 Å². The Morgan fingerprint density at radius 1 is 1.09 bits per heavy atom. The summed E-state index contributed by atoms with van der Waals surface area (Å²) >= 11 is 0. The second-order valence-corrected chi connectivity index (χ2v) is 9.29. The molecule has 2 heterocycles. The molecule has 1 fully saturated rings. The number of rotatable bonds is 10. The number of amides is 1. The number of aromatic nitrogens is 1. The Labute approximate surface area is 203 Å². The molecule has 0 aliphatic carbocycles. The van der Waals surface area contributed by atoms with E-state index in [4.69, 9.17) is 4.74 Å². The van der Waals surface area contributed by atoms with Gasteiger partial charge in [-0.2, -0.15) is 0 Å². The molecule has 1 amide bonds. The molecule has 0 radical (unpaired) electrons. The largest absolute Gasteiger partial charge is 0.383 e. The summed E-state index contributed by atoms with van der Waals surface area (Å²) in [7, 11) is 3.65. The van der Waals surface area contributed by atoms with Gasteiger partial charge in [-0.3, -0.25) is 14.7 Å². The monoisotopic (exact) mass is 457 g/mol. The second kappa shape index (κ2) is 11.4. The van der Waals surface area contributed by atoms with E-state index in [1.54, 1.807) is 30.5 Å². The van der Waals surface area contributed by atoms with Gasteiger partial charge in [-0.25, -0.2) is 0 Å². The molecule has 1 aromatic heterocycles. The molecule has 0 N–H and O–H groups in total. The van der Waals surface area contributed by atoms with Crippen molar-refractivity contribution in [1.29, 1.82) is 0 Å². The Hall–Kier alpha value is -3.02. The summed E-state index contributed by atoms with van der Waals surface area (Å²) in [6, 6.07) is 21.7. The van der Waals surface area contributed by atoms with E-state index in [9.17, 15) is 4.79 Å². The van der Waals surface area contributed by atoms with Crippen LogP contribution in [-0.4, -0.2) is 67.1 Å². The predicted octanol–water partition coefficient (Wildman–Crippen LogP) is 5.02. The van der Waals surface area contributed by atoms with Gasteiger partial charge in [0.25, 0.3) is 5.91 Å². The molecule has 5 nitrogen and oxygen atoms in total. The van der Waals surface area contributed by atoms with Gasteiger partial charge in [-0.1, -0.05) is 54.1 Å². The van der Waals surface area contributed by atoms with Crippen LogP contribution in [0.4, 0.5) is 0 Å². The van der Waals surface area contributed by atoms with Crippen LogP contribution in [-0.2, 0) is 4.74 Å². The number of methoxy groups -OCH3 is 1. The van der Waals surface area contributed by atoms with E-state index in [0.717, 1.165) is 39.1 Å². The number of nitrogens with zero attached hydrogens (tertiary/aromatic N) is 3. The van der Waals surface area contributed by atoms with Gasteiger partial charge < -0.3 is 9.64 Å². The number of aryl methyl sites for hydroxylation is 1. The molecule has 0 unspecified atom stereocenters. The zero-order chi connectivity index (χ0) is 23.9. The molecule has 178 valence electrons. The third-order valence-electron chi connectivity index (χ3n) is 6.84. The molecule has 0 bridgehead atoms. The maximum Gasteiger partial charge on any atom is 0.255 e. The molecule has 1 saturated heterocycles. The first-order valence-electron chi connectivity index (χ1n) is 12.1. The maximum absolute atomic E-state index is 12.5. The van der Waals surface area contributed by atoms with Crippen LogP contribution in [0.2, 0.25) is 0 Å². The molecule has 3 aromatic rings. The van der Waals surface area contributed by atoms with Crippen molar-refractivity contribution in [3.8, 4) is 11.1 Å². The first-order valence-corrected chi connectivity index (χ1v) is 12.1. The lowest BCUT2D eigenvalue weighted by Crippen LogP contribution is -2.56. The van der Waals surface area contributed by atoms with Crippen LogP contribution in [0.15, 0.2) is 73.1 Å². The molecule has 2 atom stereocenters. The normalized spacial score (nSPS) is 17.9. The number of carbonyl (C=O) groups excluding carboxylic acids is 1. The van der Waals surface area contributed by atoms with Crippen molar-refractivity contribution in [1.82, 2.24) is 14.8 Å². The van der Waals surface area contributed by atoms with Crippen LogP contribution < -0.4 is 0 Å². The summed E-state index contributed by atoms with van der Waals surface area (Å²) in [4.78, 5) is 20.8. The van der Waals surface area contributed by atoms with E-state index in [0.29, 0.717) is 17.5 Å². The van der Waals surface area contributed by atoms with Crippen LogP contribution in [0.1, 0.15) is 40.2 Å². The van der Waals surface area contributed by atoms with E-state index >= 15 is 0 Å². The molecule has 0 saturated carbocycles. The third-order valence-corrected chi connectivity index (χ3v) is 6.84. The highest BCUT2D eigenvalue weighted by atomic mass is 16.5. The highest BCUT2D eigenvalue weighted by Gasteiger charge is 2.39. The number of benzene rings is 2. The van der Waals surface area contributed by atoms with Gasteiger partial charge >= 0.3 is 0 Å². The van der Waals surface area contributed by atoms with Crippen molar-refractivity contribution < 1.29 is 9.53 Å². The van der Waals surface area contributed by atoms with Gasteiger partial charge in [-0.15, -0.1) is 0 Å². The average Bonchev–Trinajstić information content (AvgIpc) is 2.86. The van der Waals surface area contributed by atoms with Gasteiger partial charge in [0.15, 0.2) is 0 Å². The van der Waals surface area contributed by atoms with Crippen molar-refractivity contribution in [2.24, 2.45) is 0 Å². The number of pyridine rings is 1. The van der Waals surface area contributed by atoms with Crippen molar-refractivity contribution >= 4 is 5.91 Å². The Morgan fingerprint density at radius 2 is 1.91 bits per heavy atom. The Balaban J connectivity index is 1.27. The zero-order valence-electron chi connectivity index (χ0n) is 20.5. The van der Waals surface area contributed by atoms with E-state index in [2.05, 4.69) is 65.3 Å². The fourth-order valence-corrected chi connectivity index (χ4v) is 4.83. The highest BCUT2D eigenvalue weighted by molar-refractivity contribution is 5.93. The number of hydrogen-bond acceptors (Lipinski definition) is 4. The minimum atomic E-state index is 0.0310. The maximum atomic E-state index is 12.5. The fraction of sp³-hybridized carbons (Fsp3) is 0.379. The van der Waals surface area contributed by atoms with Gasteiger partial charge in [-0.05, 0) is 55.1 Å². The van der Waals surface area contributed by atoms with Crippen molar-refractivity contribution in [3.63, 3.8) is 0 Å². The summed E-state index contributed by atoms with van der Waals surface area (Å²) in [5.41, 5.74) is 5.84. The minimum Gasteiger partial charge on any atom is -0.383 e. The Kier molecular flexibility index (Phi) is 8.09. The summed E-state index contributed by atoms with van der Waals surface area (Å²) in [5.74, 6) is 0.532. The van der Waals surface area contributed by atoms with Crippen molar-refractivity contribution in [2.45, 2.75) is 31.7 Å². The first kappa shape index (κ1) is 24.1. The zero-order valence-corrected chi connectivity index (χ0v) is 20.5. The van der Waals surface area contributed by atoms with Crippen LogP contribution >= 0.6 is 0 Å². The number of unbranched alkanes of at least 4 members (excludes halogenated alkanes) is 1. The lowest BCUT2D eigenvalue weighted by atomic mass is 9.82. The SMILES string of the molecule is COC[C@@H]1[C@H](c2ccc(-c3cccc(C)c3)cc2)CN1CCCCN(C)C(=O)c1cccnc1. The average molecular weight is 458 g/mol. The molecular weight excluding hydrogens is 422 g/mol. The van der Waals surface area contributed by atoms with Crippen molar-refractivity contribution in [3.05, 3.63) is 89.7 Å². The van der Waals surface area contributed by atoms with E-state index in [-0.39, 0.29) is 5.91 Å². The molecule has 2 aromatic carbocycles. The van der Waals surface area contributed by atoms with Gasteiger partial charge in [0.05, 0.1) is 12.2 Å². The third kappa shape index (κ3) is 5.72. The van der Waals surface area contributed by atoms with Crippen LogP contribution in [0, 0.1) is 6.92 Å². The summed E-state index contributed by atoms with van der Waals surface area (Å²) < 4.78 is 5.56. The van der Waals surface area contributed by atoms with Gasteiger partial charge in [0.1, 0.15) is 0 Å². The second-order valence-electron chi connectivity index (χ2n) is 9.29. The Morgan fingerprint density at radius 3 is 2.62 bits per heavy atom. The van der Waals surface area contributed by atoms with Gasteiger partial charge in [0, 0.05) is 51.6 Å². The summed E-state index contributed by atoms with van der Waals surface area (Å²) in [6.07, 6.45) is 5.35. The molecule has 5 heteroatoms. The number of carbonyl (C=O) groups is 1. The predicted molar refractivity (Wildman–Crippen MR) is 137 cm³/mol. The fourth-order valence-electron chi connectivity index (χ4n) is 4.83. The number of ether oxygens (including phenoxy) is 1.